The van der Waals surface area contributed by atoms with E-state index >= 15 is 0 Å². The van der Waals surface area contributed by atoms with Gasteiger partial charge in [0.15, 0.2) is 0 Å². The van der Waals surface area contributed by atoms with Crippen LogP contribution in [0.15, 0.2) is 59.5 Å². The normalized spacial score (nSPS) is 17.2. The molecule has 1 unspecified atom stereocenters. The number of benzene rings is 2. The number of nitrogens with one attached hydrogen (secondary N) is 1. The standard InChI is InChI=1S/C23H26N4O5S/c1-2-32-22(28)17-26-11-12-27(33(30,31)20-10-6-9-19(13-20)14-24)21(16-26)23(29)25-15-18-7-4-3-5-8-18/h3-10,13,21H,2,11-12,15-17H2,1H3,(H,25,29). The van der Waals surface area contributed by atoms with Crippen molar-refractivity contribution < 1.29 is 22.7 Å². The summed E-state index contributed by atoms with van der Waals surface area (Å²) in [6, 6.07) is 15.9. The van der Waals surface area contributed by atoms with Gasteiger partial charge in [0.05, 0.1) is 29.7 Å². The van der Waals surface area contributed by atoms with E-state index in [1.54, 1.807) is 11.8 Å². The summed E-state index contributed by atoms with van der Waals surface area (Å²) in [5.74, 6) is -0.897. The predicted molar refractivity (Wildman–Crippen MR) is 120 cm³/mol. The summed E-state index contributed by atoms with van der Waals surface area (Å²) in [5.41, 5.74) is 1.09. The van der Waals surface area contributed by atoms with Crippen molar-refractivity contribution in [1.82, 2.24) is 14.5 Å². The van der Waals surface area contributed by atoms with Gasteiger partial charge in [-0.05, 0) is 30.7 Å². The first-order chi connectivity index (χ1) is 15.8. The fourth-order valence-electron chi connectivity index (χ4n) is 3.62. The topological polar surface area (TPSA) is 120 Å². The first-order valence-electron chi connectivity index (χ1n) is 10.6. The number of nitriles is 1. The number of amides is 1. The van der Waals surface area contributed by atoms with E-state index in [0.29, 0.717) is 0 Å². The quantitative estimate of drug-likeness (QED) is 0.574. The molecular weight excluding hydrogens is 444 g/mol. The van der Waals surface area contributed by atoms with Gasteiger partial charge in [0.2, 0.25) is 15.9 Å². The van der Waals surface area contributed by atoms with E-state index in [1.165, 1.54) is 24.3 Å². The summed E-state index contributed by atoms with van der Waals surface area (Å²) in [5, 5.41) is 11.9. The lowest BCUT2D eigenvalue weighted by atomic mass is 10.1. The molecule has 1 aliphatic heterocycles. The van der Waals surface area contributed by atoms with Crippen LogP contribution in [0.25, 0.3) is 0 Å². The second-order valence-electron chi connectivity index (χ2n) is 7.51. The number of sulfonamides is 1. The van der Waals surface area contributed by atoms with Gasteiger partial charge in [-0.25, -0.2) is 8.42 Å². The highest BCUT2D eigenvalue weighted by Crippen LogP contribution is 2.23. The maximum Gasteiger partial charge on any atom is 0.320 e. The van der Waals surface area contributed by atoms with Crippen molar-refractivity contribution in [2.75, 3.05) is 32.8 Å². The molecule has 0 bridgehead atoms. The number of carbonyl (C=O) groups excluding carboxylic acids is 2. The Labute approximate surface area is 193 Å². The Morgan fingerprint density at radius 1 is 1.15 bits per heavy atom. The van der Waals surface area contributed by atoms with E-state index in [2.05, 4.69) is 5.32 Å². The van der Waals surface area contributed by atoms with Gasteiger partial charge in [0.1, 0.15) is 6.04 Å². The van der Waals surface area contributed by atoms with Gasteiger partial charge in [-0.3, -0.25) is 14.5 Å². The predicted octanol–water partition coefficient (Wildman–Crippen LogP) is 1.11. The zero-order valence-electron chi connectivity index (χ0n) is 18.3. The van der Waals surface area contributed by atoms with Gasteiger partial charge >= 0.3 is 5.97 Å². The smallest absolute Gasteiger partial charge is 0.320 e. The van der Waals surface area contributed by atoms with Gasteiger partial charge in [-0.1, -0.05) is 36.4 Å². The minimum absolute atomic E-state index is 0.0158. The number of hydrogen-bond donors (Lipinski definition) is 1. The van der Waals surface area contributed by atoms with Crippen molar-refractivity contribution in [2.24, 2.45) is 0 Å². The van der Waals surface area contributed by atoms with Crippen molar-refractivity contribution in [2.45, 2.75) is 24.4 Å². The molecule has 2 aromatic carbocycles. The molecule has 1 saturated heterocycles. The first kappa shape index (κ1) is 24.4. The maximum atomic E-state index is 13.4. The molecule has 0 saturated carbocycles. The number of piperazine rings is 1. The van der Waals surface area contributed by atoms with Crippen molar-refractivity contribution in [3.63, 3.8) is 0 Å². The molecule has 0 radical (unpaired) electrons. The Hall–Kier alpha value is -3.26. The van der Waals surface area contributed by atoms with Crippen LogP contribution in [-0.4, -0.2) is 68.3 Å². The third-order valence-electron chi connectivity index (χ3n) is 5.26. The van der Waals surface area contributed by atoms with E-state index in [0.717, 1.165) is 9.87 Å². The molecule has 1 aliphatic rings. The molecule has 1 atom stereocenters. The van der Waals surface area contributed by atoms with E-state index in [-0.39, 0.29) is 49.8 Å². The van der Waals surface area contributed by atoms with Gasteiger partial charge in [-0.2, -0.15) is 9.57 Å². The molecule has 0 aliphatic carbocycles. The van der Waals surface area contributed by atoms with Gasteiger partial charge in [-0.15, -0.1) is 0 Å². The highest BCUT2D eigenvalue weighted by molar-refractivity contribution is 7.89. The van der Waals surface area contributed by atoms with E-state index < -0.39 is 27.9 Å². The fourth-order valence-corrected chi connectivity index (χ4v) is 5.24. The maximum absolute atomic E-state index is 13.4. The molecular formula is C23H26N4O5S. The van der Waals surface area contributed by atoms with Crippen LogP contribution in [-0.2, 0) is 30.9 Å². The highest BCUT2D eigenvalue weighted by Gasteiger charge is 2.40. The van der Waals surface area contributed by atoms with Crippen molar-refractivity contribution in [1.29, 1.82) is 5.26 Å². The Morgan fingerprint density at radius 2 is 1.91 bits per heavy atom. The molecule has 1 fully saturated rings. The Morgan fingerprint density at radius 3 is 2.61 bits per heavy atom. The van der Waals surface area contributed by atoms with Crippen molar-refractivity contribution in [3.05, 3.63) is 65.7 Å². The summed E-state index contributed by atoms with van der Waals surface area (Å²) in [7, 11) is -4.06. The van der Waals surface area contributed by atoms with Crippen LogP contribution in [0.4, 0.5) is 0 Å². The SMILES string of the molecule is CCOC(=O)CN1CCN(S(=O)(=O)c2cccc(C#N)c2)C(C(=O)NCc2ccccc2)C1. The monoisotopic (exact) mass is 470 g/mol. The molecule has 33 heavy (non-hydrogen) atoms. The summed E-state index contributed by atoms with van der Waals surface area (Å²) in [4.78, 5) is 26.7. The van der Waals surface area contributed by atoms with Crippen molar-refractivity contribution in [3.8, 4) is 6.07 Å². The van der Waals surface area contributed by atoms with Gasteiger partial charge in [0.25, 0.3) is 0 Å². The molecule has 10 heteroatoms. The summed E-state index contributed by atoms with van der Waals surface area (Å²) in [6.07, 6.45) is 0. The zero-order valence-corrected chi connectivity index (χ0v) is 19.1. The molecule has 1 N–H and O–H groups in total. The van der Waals surface area contributed by atoms with Crippen LogP contribution in [0.1, 0.15) is 18.1 Å². The average Bonchev–Trinajstić information content (AvgIpc) is 2.83. The number of nitrogens with zero attached hydrogens (tertiary/aromatic N) is 3. The lowest BCUT2D eigenvalue weighted by Gasteiger charge is -2.39. The fraction of sp³-hybridized carbons (Fsp3) is 0.348. The molecule has 0 spiro atoms. The van der Waals surface area contributed by atoms with E-state index in [1.807, 2.05) is 36.4 Å². The average molecular weight is 471 g/mol. The summed E-state index contributed by atoms with van der Waals surface area (Å²) in [6.45, 7) is 2.47. The Balaban J connectivity index is 1.84. The van der Waals surface area contributed by atoms with Crippen LogP contribution in [0, 0.1) is 11.3 Å². The molecule has 1 amide bonds. The number of rotatable bonds is 8. The molecule has 2 aromatic rings. The first-order valence-corrected chi connectivity index (χ1v) is 12.0. The minimum Gasteiger partial charge on any atom is -0.465 e. The molecule has 9 nitrogen and oxygen atoms in total. The second-order valence-corrected chi connectivity index (χ2v) is 9.41. The van der Waals surface area contributed by atoms with Crippen molar-refractivity contribution >= 4 is 21.9 Å². The molecule has 3 rings (SSSR count). The molecule has 0 aromatic heterocycles. The van der Waals surface area contributed by atoms with Crippen LogP contribution in [0.5, 0.6) is 0 Å². The Bertz CT molecular complexity index is 1130. The summed E-state index contributed by atoms with van der Waals surface area (Å²) < 4.78 is 32.9. The largest absolute Gasteiger partial charge is 0.465 e. The molecule has 1 heterocycles. The van der Waals surface area contributed by atoms with Gasteiger partial charge < -0.3 is 10.1 Å². The second kappa shape index (κ2) is 11.0. The number of hydrogen-bond acceptors (Lipinski definition) is 7. The third-order valence-corrected chi connectivity index (χ3v) is 7.16. The van der Waals surface area contributed by atoms with E-state index in [9.17, 15) is 18.0 Å². The van der Waals surface area contributed by atoms with Crippen LogP contribution < -0.4 is 5.32 Å². The number of esters is 1. The number of carbonyl (C=O) groups is 2. The molecule has 174 valence electrons. The minimum atomic E-state index is -4.06. The lowest BCUT2D eigenvalue weighted by molar-refractivity contribution is -0.145. The Kier molecular flexibility index (Phi) is 8.16. The number of ether oxygens (including phenoxy) is 1. The van der Waals surface area contributed by atoms with Crippen LogP contribution in [0.2, 0.25) is 0 Å². The zero-order chi connectivity index (χ0) is 23.8. The van der Waals surface area contributed by atoms with Gasteiger partial charge in [0, 0.05) is 26.2 Å². The third kappa shape index (κ3) is 6.16. The van der Waals surface area contributed by atoms with Crippen LogP contribution in [0.3, 0.4) is 0 Å². The highest BCUT2D eigenvalue weighted by atomic mass is 32.2. The van der Waals surface area contributed by atoms with Crippen LogP contribution >= 0.6 is 0 Å². The lowest BCUT2D eigenvalue weighted by Crippen LogP contribution is -2.61. The summed E-state index contributed by atoms with van der Waals surface area (Å²) >= 11 is 0. The van der Waals surface area contributed by atoms with E-state index in [4.69, 9.17) is 10.00 Å².